The number of aromatic hydroxyl groups is 1. The van der Waals surface area contributed by atoms with Crippen LogP contribution in [0.2, 0.25) is 0 Å². The van der Waals surface area contributed by atoms with Gasteiger partial charge in [-0.3, -0.25) is 4.79 Å². The highest BCUT2D eigenvalue weighted by Crippen LogP contribution is 2.34. The van der Waals surface area contributed by atoms with Crippen LogP contribution >= 0.6 is 0 Å². The maximum Gasteiger partial charge on any atom is 0.313 e. The van der Waals surface area contributed by atoms with E-state index in [-0.39, 0.29) is 17.6 Å². The highest BCUT2D eigenvalue weighted by molar-refractivity contribution is 5.81. The molecule has 0 amide bonds. The first-order valence-corrected chi connectivity index (χ1v) is 5.37. The van der Waals surface area contributed by atoms with Crippen molar-refractivity contribution in [3.8, 4) is 5.75 Å². The summed E-state index contributed by atoms with van der Waals surface area (Å²) in [5, 5.41) is 12.6. The predicted molar refractivity (Wildman–Crippen MR) is 60.6 cm³/mol. The number of carbonyl (C=O) groups excluding carboxylic acids is 1. The Labute approximate surface area is 94.2 Å². The van der Waals surface area contributed by atoms with Crippen LogP contribution in [0.15, 0.2) is 18.2 Å². The summed E-state index contributed by atoms with van der Waals surface area (Å²) in [6.45, 7) is 0.809. The van der Waals surface area contributed by atoms with E-state index in [1.165, 1.54) is 7.11 Å². The lowest BCUT2D eigenvalue weighted by atomic mass is 9.94. The fourth-order valence-corrected chi connectivity index (χ4v) is 2.07. The summed E-state index contributed by atoms with van der Waals surface area (Å²) in [6.07, 6.45) is 1.69. The molecule has 1 aromatic carbocycles. The van der Waals surface area contributed by atoms with Gasteiger partial charge >= 0.3 is 5.97 Å². The minimum absolute atomic E-state index is 0.205. The minimum Gasteiger partial charge on any atom is -0.508 e. The van der Waals surface area contributed by atoms with Crippen LogP contribution in [0.5, 0.6) is 5.75 Å². The van der Waals surface area contributed by atoms with Gasteiger partial charge in [-0.05, 0) is 24.5 Å². The number of nitrogens with one attached hydrogen (secondary N) is 1. The number of benzene rings is 1. The van der Waals surface area contributed by atoms with Crippen molar-refractivity contribution in [3.63, 3.8) is 0 Å². The smallest absolute Gasteiger partial charge is 0.313 e. The zero-order valence-corrected chi connectivity index (χ0v) is 9.19. The maximum atomic E-state index is 11.7. The van der Waals surface area contributed by atoms with E-state index < -0.39 is 0 Å². The topological polar surface area (TPSA) is 58.6 Å². The van der Waals surface area contributed by atoms with E-state index in [1.807, 2.05) is 0 Å². The zero-order valence-electron chi connectivity index (χ0n) is 9.19. The average Bonchev–Trinajstić information content (AvgIpc) is 2.49. The van der Waals surface area contributed by atoms with Gasteiger partial charge in [0.15, 0.2) is 0 Å². The molecule has 4 heteroatoms. The van der Waals surface area contributed by atoms with Crippen LogP contribution in [0, 0.1) is 0 Å². The Bertz CT molecular complexity index is 403. The average molecular weight is 221 g/mol. The summed E-state index contributed by atoms with van der Waals surface area (Å²) in [4.78, 5) is 11.7. The Morgan fingerprint density at radius 2 is 2.38 bits per heavy atom. The lowest BCUT2D eigenvalue weighted by Crippen LogP contribution is -2.13. The van der Waals surface area contributed by atoms with Gasteiger partial charge in [0.25, 0.3) is 0 Å². The molecule has 4 nitrogen and oxygen atoms in total. The van der Waals surface area contributed by atoms with Gasteiger partial charge in [0.2, 0.25) is 0 Å². The second kappa shape index (κ2) is 4.43. The number of phenolic OH excluding ortho intramolecular Hbond substituents is 1. The highest BCUT2D eigenvalue weighted by atomic mass is 16.5. The number of methoxy groups -OCH3 is 1. The number of hydrogen-bond donors (Lipinski definition) is 2. The number of anilines is 1. The van der Waals surface area contributed by atoms with Crippen LogP contribution < -0.4 is 5.32 Å². The third-order valence-electron chi connectivity index (χ3n) is 2.88. The Kier molecular flexibility index (Phi) is 2.99. The van der Waals surface area contributed by atoms with Gasteiger partial charge in [0.1, 0.15) is 5.75 Å². The fraction of sp³-hybridized carbons (Fsp3) is 0.417. The van der Waals surface area contributed by atoms with Crippen molar-refractivity contribution in [1.82, 2.24) is 0 Å². The SMILES string of the molecule is COC(=O)C1CCCNc2cc(O)ccc21. The molecule has 1 aromatic rings. The minimum atomic E-state index is -0.226. The molecule has 0 bridgehead atoms. The van der Waals surface area contributed by atoms with Crippen LogP contribution in [0.4, 0.5) is 5.69 Å². The van der Waals surface area contributed by atoms with Gasteiger partial charge in [-0.1, -0.05) is 6.07 Å². The fourth-order valence-electron chi connectivity index (χ4n) is 2.07. The molecule has 0 fully saturated rings. The standard InChI is InChI=1S/C12H15NO3/c1-16-12(15)10-3-2-6-13-11-7-8(14)4-5-9(10)11/h4-5,7,10,13-14H,2-3,6H2,1H3. The second-order valence-electron chi connectivity index (χ2n) is 3.92. The summed E-state index contributed by atoms with van der Waals surface area (Å²) in [5.41, 5.74) is 1.73. The molecule has 0 aliphatic carbocycles. The van der Waals surface area contributed by atoms with Crippen molar-refractivity contribution in [1.29, 1.82) is 0 Å². The molecule has 0 spiro atoms. The van der Waals surface area contributed by atoms with Gasteiger partial charge in [0.05, 0.1) is 13.0 Å². The molecule has 0 aromatic heterocycles. The van der Waals surface area contributed by atoms with Crippen LogP contribution in [-0.2, 0) is 9.53 Å². The predicted octanol–water partition coefficient (Wildman–Crippen LogP) is 1.85. The van der Waals surface area contributed by atoms with Gasteiger partial charge in [-0.15, -0.1) is 0 Å². The molecule has 0 saturated heterocycles. The Morgan fingerprint density at radius 1 is 1.56 bits per heavy atom. The quantitative estimate of drug-likeness (QED) is 0.710. The molecule has 1 heterocycles. The maximum absolute atomic E-state index is 11.7. The molecule has 86 valence electrons. The molecule has 0 saturated carbocycles. The van der Waals surface area contributed by atoms with Crippen molar-refractivity contribution in [2.75, 3.05) is 19.0 Å². The molecule has 1 aliphatic rings. The van der Waals surface area contributed by atoms with Crippen LogP contribution in [0.25, 0.3) is 0 Å². The summed E-state index contributed by atoms with van der Waals surface area (Å²) in [6, 6.07) is 5.03. The number of esters is 1. The number of carbonyl (C=O) groups is 1. The lowest BCUT2D eigenvalue weighted by molar-refractivity contribution is -0.142. The van der Waals surface area contributed by atoms with Crippen molar-refractivity contribution in [2.24, 2.45) is 0 Å². The van der Waals surface area contributed by atoms with Gasteiger partial charge in [-0.2, -0.15) is 0 Å². The Hall–Kier alpha value is -1.71. The van der Waals surface area contributed by atoms with Gasteiger partial charge in [-0.25, -0.2) is 0 Å². The normalized spacial score (nSPS) is 19.2. The first-order chi connectivity index (χ1) is 7.72. The molecule has 2 N–H and O–H groups in total. The van der Waals surface area contributed by atoms with Crippen LogP contribution in [0.3, 0.4) is 0 Å². The van der Waals surface area contributed by atoms with E-state index in [4.69, 9.17) is 4.74 Å². The Morgan fingerprint density at radius 3 is 3.12 bits per heavy atom. The van der Waals surface area contributed by atoms with Crippen molar-refractivity contribution < 1.29 is 14.6 Å². The van der Waals surface area contributed by atoms with Crippen molar-refractivity contribution >= 4 is 11.7 Å². The van der Waals surface area contributed by atoms with Crippen molar-refractivity contribution in [2.45, 2.75) is 18.8 Å². The van der Waals surface area contributed by atoms with E-state index in [1.54, 1.807) is 18.2 Å². The van der Waals surface area contributed by atoms with Gasteiger partial charge < -0.3 is 15.2 Å². The van der Waals surface area contributed by atoms with Crippen LogP contribution in [0.1, 0.15) is 24.3 Å². The highest BCUT2D eigenvalue weighted by Gasteiger charge is 2.25. The summed E-state index contributed by atoms with van der Waals surface area (Å²) in [7, 11) is 1.40. The molecular formula is C12H15NO3. The molecule has 0 radical (unpaired) electrons. The molecular weight excluding hydrogens is 206 g/mol. The number of ether oxygens (including phenoxy) is 1. The van der Waals surface area contributed by atoms with E-state index in [0.717, 1.165) is 30.6 Å². The zero-order chi connectivity index (χ0) is 11.5. The monoisotopic (exact) mass is 221 g/mol. The largest absolute Gasteiger partial charge is 0.508 e. The van der Waals surface area contributed by atoms with E-state index in [2.05, 4.69) is 5.32 Å². The Balaban J connectivity index is 2.40. The molecule has 1 unspecified atom stereocenters. The number of phenols is 1. The molecule has 16 heavy (non-hydrogen) atoms. The number of hydrogen-bond acceptors (Lipinski definition) is 4. The van der Waals surface area contributed by atoms with E-state index in [9.17, 15) is 9.90 Å². The third kappa shape index (κ3) is 1.96. The summed E-state index contributed by atoms with van der Waals surface area (Å²) >= 11 is 0. The summed E-state index contributed by atoms with van der Waals surface area (Å²) < 4.78 is 4.80. The molecule has 1 aliphatic heterocycles. The van der Waals surface area contributed by atoms with E-state index >= 15 is 0 Å². The van der Waals surface area contributed by atoms with Crippen LogP contribution in [-0.4, -0.2) is 24.7 Å². The molecule has 1 atom stereocenters. The van der Waals surface area contributed by atoms with Gasteiger partial charge in [0, 0.05) is 18.3 Å². The first kappa shape index (κ1) is 10.8. The van der Waals surface area contributed by atoms with Crippen molar-refractivity contribution in [3.05, 3.63) is 23.8 Å². The lowest BCUT2D eigenvalue weighted by Gasteiger charge is -2.14. The second-order valence-corrected chi connectivity index (χ2v) is 3.92. The molecule has 2 rings (SSSR count). The first-order valence-electron chi connectivity index (χ1n) is 5.37. The summed E-state index contributed by atoms with van der Waals surface area (Å²) in [5.74, 6) is -0.233. The number of fused-ring (bicyclic) bond motifs is 1. The number of rotatable bonds is 1. The third-order valence-corrected chi connectivity index (χ3v) is 2.88. The van der Waals surface area contributed by atoms with E-state index in [0.29, 0.717) is 0 Å².